The molecule has 0 radical (unpaired) electrons. The third-order valence-corrected chi connectivity index (χ3v) is 16.7. The summed E-state index contributed by atoms with van der Waals surface area (Å²) in [6.07, 6.45) is 0. The smallest absolute Gasteiger partial charge is 0.0464 e. The Morgan fingerprint density at radius 2 is 0.272 bits per heavy atom. The fourth-order valence-corrected chi connectivity index (χ4v) is 12.3. The first-order valence-corrected chi connectivity index (χ1v) is 31.3. The van der Waals surface area contributed by atoms with E-state index >= 15 is 0 Å². The third-order valence-electron chi connectivity index (χ3n) is 16.7. The molecule has 0 heterocycles. The summed E-state index contributed by atoms with van der Waals surface area (Å²) in [6.45, 7) is 4.28. The van der Waals surface area contributed by atoms with Crippen molar-refractivity contribution < 1.29 is 0 Å². The maximum absolute atomic E-state index is 2.33. The Labute approximate surface area is 540 Å². The van der Waals surface area contributed by atoms with Crippen LogP contribution in [0.1, 0.15) is 11.1 Å². The molecule has 14 rings (SSSR count). The molecule has 14 aromatic carbocycles. The number of anilines is 18. The lowest BCUT2D eigenvalue weighted by molar-refractivity contribution is 1.24. The first-order chi connectivity index (χ1) is 45.5. The van der Waals surface area contributed by atoms with Gasteiger partial charge in [0.25, 0.3) is 0 Å². The quantitative estimate of drug-likeness (QED) is 0.0798. The van der Waals surface area contributed by atoms with Gasteiger partial charge in [-0.15, -0.1) is 0 Å². The molecule has 0 saturated carbocycles. The molecule has 0 aliphatic rings. The van der Waals surface area contributed by atoms with Gasteiger partial charge in [0.15, 0.2) is 0 Å². The third kappa shape index (κ3) is 12.5. The maximum atomic E-state index is 2.33. The number of benzene rings is 14. The van der Waals surface area contributed by atoms with Crippen LogP contribution in [0.4, 0.5) is 102 Å². The molecule has 0 bridgehead atoms. The van der Waals surface area contributed by atoms with E-state index in [4.69, 9.17) is 0 Å². The first-order valence-electron chi connectivity index (χ1n) is 31.3. The number of aryl methyl sites for hydroxylation is 2. The van der Waals surface area contributed by atoms with Crippen LogP contribution in [0.3, 0.4) is 0 Å². The van der Waals surface area contributed by atoms with Crippen LogP contribution in [0.2, 0.25) is 0 Å². The molecule has 14 aromatic rings. The van der Waals surface area contributed by atoms with Crippen LogP contribution < -0.4 is 29.4 Å². The Morgan fingerprint density at radius 1 is 0.130 bits per heavy atom. The minimum absolute atomic E-state index is 1.05. The summed E-state index contributed by atoms with van der Waals surface area (Å²) in [4.78, 5) is 13.9. The highest BCUT2D eigenvalue weighted by Crippen LogP contribution is 2.45. The van der Waals surface area contributed by atoms with Gasteiger partial charge in [-0.3, -0.25) is 0 Å². The molecule has 0 aliphatic heterocycles. The molecule has 442 valence electrons. The van der Waals surface area contributed by atoms with E-state index in [-0.39, 0.29) is 0 Å². The van der Waals surface area contributed by atoms with Gasteiger partial charge in [-0.25, -0.2) is 0 Å². The van der Waals surface area contributed by atoms with Crippen molar-refractivity contribution in [3.05, 3.63) is 387 Å². The molecule has 0 spiro atoms. The molecule has 0 saturated heterocycles. The second kappa shape index (κ2) is 26.7. The molecule has 0 unspecified atom stereocenters. The van der Waals surface area contributed by atoms with Crippen molar-refractivity contribution in [3.63, 3.8) is 0 Å². The van der Waals surface area contributed by atoms with Gasteiger partial charge in [-0.1, -0.05) is 158 Å². The van der Waals surface area contributed by atoms with E-state index in [9.17, 15) is 0 Å². The first kappa shape index (κ1) is 57.6. The Hall–Kier alpha value is -12.1. The maximum Gasteiger partial charge on any atom is 0.0464 e. The monoisotopic (exact) mass is 1180 g/mol. The molecular formula is C86H68N6. The minimum atomic E-state index is 1.05. The molecule has 0 fully saturated rings. The number of nitrogens with zero attached hydrogens (tertiary/aromatic N) is 6. The molecule has 0 aliphatic carbocycles. The molecule has 0 aromatic heterocycles. The number of para-hydroxylation sites is 6. The van der Waals surface area contributed by atoms with Crippen LogP contribution in [0, 0.1) is 13.8 Å². The summed E-state index contributed by atoms with van der Waals surface area (Å²) in [6, 6.07) is 134. The topological polar surface area (TPSA) is 19.4 Å². The van der Waals surface area contributed by atoms with Crippen LogP contribution in [0.15, 0.2) is 376 Å². The van der Waals surface area contributed by atoms with Gasteiger partial charge in [0, 0.05) is 102 Å². The van der Waals surface area contributed by atoms with Gasteiger partial charge < -0.3 is 29.4 Å². The predicted molar refractivity (Wildman–Crippen MR) is 389 cm³/mol. The van der Waals surface area contributed by atoms with Crippen molar-refractivity contribution in [1.82, 2.24) is 0 Å². The van der Waals surface area contributed by atoms with Crippen molar-refractivity contribution in [2.75, 3.05) is 29.4 Å². The zero-order valence-electron chi connectivity index (χ0n) is 51.5. The van der Waals surface area contributed by atoms with Crippen molar-refractivity contribution in [3.8, 4) is 11.1 Å². The van der Waals surface area contributed by atoms with Crippen LogP contribution in [0.5, 0.6) is 0 Å². The summed E-state index contributed by atoms with van der Waals surface area (Å²) >= 11 is 0. The highest BCUT2D eigenvalue weighted by Gasteiger charge is 2.21. The van der Waals surface area contributed by atoms with Crippen molar-refractivity contribution in [1.29, 1.82) is 0 Å². The molecular weight excluding hydrogens is 1120 g/mol. The van der Waals surface area contributed by atoms with E-state index < -0.39 is 0 Å². The predicted octanol–water partition coefficient (Wildman–Crippen LogP) is 24.8. The molecule has 0 atom stereocenters. The van der Waals surface area contributed by atoms with Gasteiger partial charge in [0.1, 0.15) is 0 Å². The number of hydrogen-bond acceptors (Lipinski definition) is 6. The second-order valence-electron chi connectivity index (χ2n) is 22.9. The largest absolute Gasteiger partial charge is 0.311 e. The highest BCUT2D eigenvalue weighted by atomic mass is 15.2. The van der Waals surface area contributed by atoms with Crippen molar-refractivity contribution in [2.45, 2.75) is 13.8 Å². The molecule has 0 N–H and O–H groups in total. The lowest BCUT2D eigenvalue weighted by Gasteiger charge is -2.29. The van der Waals surface area contributed by atoms with Crippen LogP contribution in [-0.2, 0) is 0 Å². The lowest BCUT2D eigenvalue weighted by Crippen LogP contribution is -2.13. The van der Waals surface area contributed by atoms with E-state index in [2.05, 4.69) is 419 Å². The van der Waals surface area contributed by atoms with Gasteiger partial charge >= 0.3 is 0 Å². The fraction of sp³-hybridized carbons (Fsp3) is 0.0233. The summed E-state index contributed by atoms with van der Waals surface area (Å²) in [7, 11) is 0. The van der Waals surface area contributed by atoms with E-state index in [0.29, 0.717) is 0 Å². The van der Waals surface area contributed by atoms with Gasteiger partial charge in [0.05, 0.1) is 0 Å². The van der Waals surface area contributed by atoms with E-state index in [1.165, 1.54) is 11.1 Å². The zero-order chi connectivity index (χ0) is 62.0. The Balaban J connectivity index is 0.728. The standard InChI is InChI=1S/C86H68N6/c1-65-23-21-37-85(63-65)91(73-33-17-7-18-34-73)83-59-55-81(56-60-83)89(71-29-13-5-14-30-71)79-51-47-77(48-52-79)87(69-25-9-3-10-26-69)75-43-39-67(40-44-75)68-41-45-76(46-42-68)88(70-27-11-4-12-28-70)78-49-53-80(54-50-78)90(72-31-15-6-16-32-72)82-57-61-84(62-58-82)92(74-35-19-8-20-36-74)86-38-22-24-66(2)64-86/h3-64H,1-2H3. The molecule has 0 amide bonds. The van der Waals surface area contributed by atoms with E-state index in [1.54, 1.807) is 0 Å². The Bertz CT molecular complexity index is 4350. The van der Waals surface area contributed by atoms with E-state index in [1.807, 2.05) is 0 Å². The molecule has 6 heteroatoms. The summed E-state index contributed by atoms with van der Waals surface area (Å²) in [5.74, 6) is 0. The van der Waals surface area contributed by atoms with Crippen molar-refractivity contribution >= 4 is 102 Å². The summed E-state index contributed by atoms with van der Waals surface area (Å²) in [5.41, 5.74) is 24.1. The van der Waals surface area contributed by atoms with Gasteiger partial charge in [0.2, 0.25) is 0 Å². The fourth-order valence-electron chi connectivity index (χ4n) is 12.3. The van der Waals surface area contributed by atoms with E-state index in [0.717, 1.165) is 113 Å². The Kier molecular flexibility index (Phi) is 16.7. The molecule has 6 nitrogen and oxygen atoms in total. The average molecular weight is 1190 g/mol. The van der Waals surface area contributed by atoms with Crippen LogP contribution >= 0.6 is 0 Å². The number of hydrogen-bond donors (Lipinski definition) is 0. The van der Waals surface area contributed by atoms with Crippen LogP contribution in [-0.4, -0.2) is 0 Å². The minimum Gasteiger partial charge on any atom is -0.311 e. The second-order valence-corrected chi connectivity index (χ2v) is 22.9. The summed E-state index contributed by atoms with van der Waals surface area (Å²) in [5, 5.41) is 0. The van der Waals surface area contributed by atoms with Gasteiger partial charge in [-0.2, -0.15) is 0 Å². The summed E-state index contributed by atoms with van der Waals surface area (Å²) < 4.78 is 0. The SMILES string of the molecule is Cc1cccc(N(c2ccccc2)c2ccc(N(c3ccccc3)c3ccc(N(c4ccccc4)c4ccc(-c5ccc(N(c6ccccc6)c6ccc(N(c7ccccc7)c7ccc(N(c8ccccc8)c8cccc(C)c8)cc7)cc6)cc5)cc4)cc3)cc2)c1. The van der Waals surface area contributed by atoms with Crippen molar-refractivity contribution in [2.24, 2.45) is 0 Å². The Morgan fingerprint density at radius 3 is 0.446 bits per heavy atom. The zero-order valence-corrected chi connectivity index (χ0v) is 51.5. The lowest BCUT2D eigenvalue weighted by atomic mass is 10.0. The normalized spacial score (nSPS) is 10.9. The average Bonchev–Trinajstić information content (AvgIpc) is 1.03. The number of rotatable bonds is 19. The van der Waals surface area contributed by atoms with Gasteiger partial charge in [-0.05, 0) is 254 Å². The van der Waals surface area contributed by atoms with Crippen LogP contribution in [0.25, 0.3) is 11.1 Å². The highest BCUT2D eigenvalue weighted by molar-refractivity contribution is 5.87. The molecule has 92 heavy (non-hydrogen) atoms.